The van der Waals surface area contributed by atoms with E-state index in [1.54, 1.807) is 12.1 Å². The molecule has 2 aromatic rings. The number of benzene rings is 1. The maximum Gasteiger partial charge on any atom is 0.163 e. The van der Waals surface area contributed by atoms with Crippen molar-refractivity contribution >= 4 is 23.2 Å². The van der Waals surface area contributed by atoms with Crippen molar-refractivity contribution in [1.29, 1.82) is 0 Å². The molecule has 156 valence electrons. The molecule has 0 spiro atoms. The molecule has 0 unspecified atom stereocenters. The monoisotopic (exact) mass is 418 g/mol. The third-order valence-corrected chi connectivity index (χ3v) is 5.94. The van der Waals surface area contributed by atoms with Crippen LogP contribution in [0.4, 0.5) is 16.0 Å². The molecule has 2 aliphatic rings. The van der Waals surface area contributed by atoms with Crippen LogP contribution in [0.25, 0.3) is 11.4 Å². The number of hydrogen-bond acceptors (Lipinski definition) is 5. The Morgan fingerprint density at radius 2 is 1.69 bits per heavy atom. The van der Waals surface area contributed by atoms with Crippen molar-refractivity contribution in [3.8, 4) is 11.4 Å². The van der Waals surface area contributed by atoms with Gasteiger partial charge in [-0.3, -0.25) is 0 Å². The molecule has 1 aromatic heterocycles. The molecular weight excluding hydrogens is 391 g/mol. The quantitative estimate of drug-likeness (QED) is 0.665. The van der Waals surface area contributed by atoms with E-state index in [2.05, 4.69) is 22.8 Å². The van der Waals surface area contributed by atoms with Gasteiger partial charge in [0.05, 0.1) is 11.1 Å². The maximum absolute atomic E-state index is 14.0. The summed E-state index contributed by atoms with van der Waals surface area (Å²) in [5.74, 6) is 1.92. The average molecular weight is 419 g/mol. The van der Waals surface area contributed by atoms with Crippen molar-refractivity contribution in [2.45, 2.75) is 45.1 Å². The smallest absolute Gasteiger partial charge is 0.163 e. The predicted molar refractivity (Wildman–Crippen MR) is 115 cm³/mol. The summed E-state index contributed by atoms with van der Waals surface area (Å²) in [4.78, 5) is 14.1. The first kappa shape index (κ1) is 20.4. The molecule has 0 atom stereocenters. The molecule has 0 bridgehead atoms. The number of piperidine rings is 1. The van der Waals surface area contributed by atoms with Crippen LogP contribution in [0.1, 0.15) is 39.0 Å². The summed E-state index contributed by atoms with van der Waals surface area (Å²) in [7, 11) is 0. The van der Waals surface area contributed by atoms with Gasteiger partial charge in [-0.05, 0) is 50.3 Å². The van der Waals surface area contributed by atoms with Crippen LogP contribution in [0.5, 0.6) is 0 Å². The van der Waals surface area contributed by atoms with Gasteiger partial charge in [-0.25, -0.2) is 14.4 Å². The number of nitrogens with zero attached hydrogens (tertiary/aromatic N) is 4. The van der Waals surface area contributed by atoms with Crippen LogP contribution in [0, 0.1) is 5.82 Å². The third kappa shape index (κ3) is 4.81. The summed E-state index contributed by atoms with van der Waals surface area (Å²) >= 11 is 5.86. The van der Waals surface area contributed by atoms with E-state index in [1.165, 1.54) is 18.9 Å². The number of halogens is 2. The highest BCUT2D eigenvalue weighted by Crippen LogP contribution is 2.30. The van der Waals surface area contributed by atoms with Gasteiger partial charge in [0.1, 0.15) is 17.5 Å². The highest BCUT2D eigenvalue weighted by molar-refractivity contribution is 6.30. The highest BCUT2D eigenvalue weighted by Gasteiger charge is 2.23. The molecule has 29 heavy (non-hydrogen) atoms. The lowest BCUT2D eigenvalue weighted by molar-refractivity contribution is 0.0374. The van der Waals surface area contributed by atoms with Crippen LogP contribution in [0.15, 0.2) is 24.3 Å². The van der Waals surface area contributed by atoms with Gasteiger partial charge in [0.15, 0.2) is 5.82 Å². The van der Waals surface area contributed by atoms with Crippen LogP contribution in [-0.2, 0) is 4.74 Å². The average Bonchev–Trinajstić information content (AvgIpc) is 3.29. The number of anilines is 2. The normalized spacial score (nSPS) is 17.9. The van der Waals surface area contributed by atoms with Gasteiger partial charge >= 0.3 is 0 Å². The van der Waals surface area contributed by atoms with E-state index >= 15 is 0 Å². The predicted octanol–water partition coefficient (Wildman–Crippen LogP) is 4.93. The first-order chi connectivity index (χ1) is 14.1. The van der Waals surface area contributed by atoms with Gasteiger partial charge in [-0.2, -0.15) is 0 Å². The van der Waals surface area contributed by atoms with Crippen molar-refractivity contribution < 1.29 is 9.13 Å². The van der Waals surface area contributed by atoms with Crippen molar-refractivity contribution in [3.63, 3.8) is 0 Å². The van der Waals surface area contributed by atoms with E-state index in [1.807, 2.05) is 0 Å². The topological polar surface area (TPSA) is 41.5 Å². The molecule has 0 aliphatic carbocycles. The summed E-state index contributed by atoms with van der Waals surface area (Å²) in [5.41, 5.74) is 0.648. The molecule has 2 saturated heterocycles. The van der Waals surface area contributed by atoms with Crippen molar-refractivity contribution in [3.05, 3.63) is 35.1 Å². The Morgan fingerprint density at radius 1 is 1.03 bits per heavy atom. The Kier molecular flexibility index (Phi) is 6.50. The van der Waals surface area contributed by atoms with E-state index in [4.69, 9.17) is 26.3 Å². The number of ether oxygens (including phenoxy) is 1. The van der Waals surface area contributed by atoms with Crippen molar-refractivity contribution in [2.24, 2.45) is 0 Å². The Balaban J connectivity index is 1.61. The summed E-state index contributed by atoms with van der Waals surface area (Å²) in [5, 5.41) is 0.110. The van der Waals surface area contributed by atoms with E-state index < -0.39 is 5.82 Å². The number of hydrogen-bond donors (Lipinski definition) is 0. The first-order valence-electron chi connectivity index (χ1n) is 10.6. The van der Waals surface area contributed by atoms with Crippen LogP contribution >= 0.6 is 11.6 Å². The van der Waals surface area contributed by atoms with Gasteiger partial charge in [-0.1, -0.05) is 18.5 Å². The Hall–Kier alpha value is -1.92. The minimum atomic E-state index is -0.449. The van der Waals surface area contributed by atoms with Crippen molar-refractivity contribution in [2.75, 3.05) is 42.6 Å². The third-order valence-electron chi connectivity index (χ3n) is 5.63. The Labute approximate surface area is 176 Å². The molecule has 0 radical (unpaired) electrons. The summed E-state index contributed by atoms with van der Waals surface area (Å²) < 4.78 is 20.0. The lowest BCUT2D eigenvalue weighted by atomic mass is 10.1. The van der Waals surface area contributed by atoms with Gasteiger partial charge < -0.3 is 14.5 Å². The molecule has 0 saturated carbocycles. The second-order valence-corrected chi connectivity index (χ2v) is 8.20. The van der Waals surface area contributed by atoms with E-state index in [0.29, 0.717) is 17.5 Å². The van der Waals surface area contributed by atoms with Gasteiger partial charge in [0.25, 0.3) is 0 Å². The van der Waals surface area contributed by atoms with Gasteiger partial charge in [-0.15, -0.1) is 0 Å². The SMILES string of the molecule is CCCOC1CCN(c2cc(N3CCCC3)nc(-c3ccc(Cl)c(F)c3)n2)CC1. The Bertz CT molecular complexity index is 836. The molecular formula is C22H28ClFN4O. The fourth-order valence-electron chi connectivity index (χ4n) is 3.99. The highest BCUT2D eigenvalue weighted by atomic mass is 35.5. The van der Waals surface area contributed by atoms with Crippen LogP contribution < -0.4 is 9.80 Å². The molecule has 7 heteroatoms. The second kappa shape index (κ2) is 9.26. The molecule has 5 nitrogen and oxygen atoms in total. The lowest BCUT2D eigenvalue weighted by Gasteiger charge is -2.33. The molecule has 0 amide bonds. The zero-order valence-corrected chi connectivity index (χ0v) is 17.7. The Morgan fingerprint density at radius 3 is 2.31 bits per heavy atom. The number of rotatable bonds is 6. The zero-order chi connectivity index (χ0) is 20.2. The molecule has 3 heterocycles. The standard InChI is InChI=1S/C22H28ClFN4O/c1-2-13-29-17-7-11-28(12-8-17)21-15-20(27-9-3-4-10-27)25-22(26-21)16-5-6-18(23)19(24)14-16/h5-6,14-15,17H,2-4,7-13H2,1H3. The molecule has 0 N–H and O–H groups in total. The maximum atomic E-state index is 14.0. The minimum Gasteiger partial charge on any atom is -0.378 e. The van der Waals surface area contributed by atoms with Crippen LogP contribution in [-0.4, -0.2) is 48.9 Å². The molecule has 2 fully saturated rings. The molecule has 2 aliphatic heterocycles. The largest absolute Gasteiger partial charge is 0.378 e. The van der Waals surface area contributed by atoms with Crippen LogP contribution in [0.2, 0.25) is 5.02 Å². The van der Waals surface area contributed by atoms with E-state index in [9.17, 15) is 4.39 Å². The fourth-order valence-corrected chi connectivity index (χ4v) is 4.11. The minimum absolute atomic E-state index is 0.110. The van der Waals surface area contributed by atoms with E-state index in [0.717, 1.165) is 63.7 Å². The molecule has 1 aromatic carbocycles. The summed E-state index contributed by atoms with van der Waals surface area (Å²) in [6.07, 6.45) is 5.71. The second-order valence-electron chi connectivity index (χ2n) is 7.79. The van der Waals surface area contributed by atoms with Crippen LogP contribution in [0.3, 0.4) is 0 Å². The van der Waals surface area contributed by atoms with E-state index in [-0.39, 0.29) is 5.02 Å². The van der Waals surface area contributed by atoms with Gasteiger partial charge in [0, 0.05) is 44.4 Å². The first-order valence-corrected chi connectivity index (χ1v) is 11.0. The fraction of sp³-hybridized carbons (Fsp3) is 0.545. The lowest BCUT2D eigenvalue weighted by Crippen LogP contribution is -2.38. The van der Waals surface area contributed by atoms with Crippen molar-refractivity contribution in [1.82, 2.24) is 9.97 Å². The summed E-state index contributed by atoms with van der Waals surface area (Å²) in [6, 6.07) is 6.84. The number of aromatic nitrogens is 2. The van der Waals surface area contributed by atoms with Gasteiger partial charge in [0.2, 0.25) is 0 Å². The molecule has 4 rings (SSSR count). The summed E-state index contributed by atoms with van der Waals surface area (Å²) in [6.45, 7) is 6.76. The zero-order valence-electron chi connectivity index (χ0n) is 16.9.